The summed E-state index contributed by atoms with van der Waals surface area (Å²) in [7, 11) is 1.40. The van der Waals surface area contributed by atoms with E-state index < -0.39 is 11.7 Å². The first-order valence-electron chi connectivity index (χ1n) is 7.05. The van der Waals surface area contributed by atoms with Crippen LogP contribution in [-0.4, -0.2) is 30.9 Å². The van der Waals surface area contributed by atoms with Gasteiger partial charge in [-0.1, -0.05) is 6.07 Å². The monoisotopic (exact) mass is 300 g/mol. The molecule has 1 saturated carbocycles. The summed E-state index contributed by atoms with van der Waals surface area (Å²) in [5.74, 6) is 0.151. The summed E-state index contributed by atoms with van der Waals surface area (Å²) in [6.45, 7) is 2.95. The second kappa shape index (κ2) is 5.95. The number of amides is 1. The minimum atomic E-state index is -4.48. The van der Waals surface area contributed by atoms with Crippen LogP contribution in [0.15, 0.2) is 18.2 Å². The van der Waals surface area contributed by atoms with E-state index in [0.29, 0.717) is 19.0 Å². The molecule has 0 atom stereocenters. The van der Waals surface area contributed by atoms with Gasteiger partial charge in [0.05, 0.1) is 16.8 Å². The molecule has 1 aromatic rings. The molecular formula is C15H19F3N2O. The highest BCUT2D eigenvalue weighted by atomic mass is 19.4. The van der Waals surface area contributed by atoms with E-state index in [0.717, 1.165) is 18.9 Å². The third-order valence-electron chi connectivity index (χ3n) is 3.69. The van der Waals surface area contributed by atoms with E-state index >= 15 is 0 Å². The number of nitrogens with zero attached hydrogens (tertiary/aromatic N) is 1. The number of carbonyl (C=O) groups excluding carboxylic acids is 1. The highest BCUT2D eigenvalue weighted by molar-refractivity contribution is 6.00. The Morgan fingerprint density at radius 1 is 1.38 bits per heavy atom. The van der Waals surface area contributed by atoms with Crippen LogP contribution in [0, 0.1) is 5.92 Å². The van der Waals surface area contributed by atoms with E-state index in [1.165, 1.54) is 19.2 Å². The van der Waals surface area contributed by atoms with E-state index in [1.54, 1.807) is 4.90 Å². The zero-order chi connectivity index (χ0) is 15.6. The van der Waals surface area contributed by atoms with E-state index in [1.807, 2.05) is 6.92 Å². The molecule has 0 saturated heterocycles. The molecule has 1 aromatic carbocycles. The molecule has 1 N–H and O–H groups in total. The van der Waals surface area contributed by atoms with Gasteiger partial charge in [0.25, 0.3) is 5.91 Å². The summed E-state index contributed by atoms with van der Waals surface area (Å²) in [4.78, 5) is 14.1. The molecule has 0 unspecified atom stereocenters. The van der Waals surface area contributed by atoms with Crippen LogP contribution >= 0.6 is 0 Å². The summed E-state index contributed by atoms with van der Waals surface area (Å²) in [6.07, 6.45) is -2.31. The number of alkyl halides is 3. The third kappa shape index (κ3) is 3.49. The van der Waals surface area contributed by atoms with Gasteiger partial charge in [0.2, 0.25) is 0 Å². The van der Waals surface area contributed by atoms with Gasteiger partial charge in [-0.15, -0.1) is 0 Å². The second-order valence-electron chi connectivity index (χ2n) is 5.26. The summed E-state index contributed by atoms with van der Waals surface area (Å²) in [6, 6.07) is 3.71. The van der Waals surface area contributed by atoms with Gasteiger partial charge in [0.1, 0.15) is 0 Å². The molecule has 116 valence electrons. The van der Waals surface area contributed by atoms with E-state index in [9.17, 15) is 18.0 Å². The minimum absolute atomic E-state index is 0.0785. The van der Waals surface area contributed by atoms with Crippen molar-refractivity contribution >= 4 is 11.6 Å². The SMILES string of the molecule is CCN(CC1CC1)C(=O)c1cccc(C(F)(F)F)c1NC. The average molecular weight is 300 g/mol. The van der Waals surface area contributed by atoms with Crippen molar-refractivity contribution in [1.82, 2.24) is 4.90 Å². The fraction of sp³-hybridized carbons (Fsp3) is 0.533. The molecule has 0 heterocycles. The maximum absolute atomic E-state index is 13.0. The van der Waals surface area contributed by atoms with Crippen molar-refractivity contribution in [2.75, 3.05) is 25.5 Å². The van der Waals surface area contributed by atoms with Gasteiger partial charge in [-0.2, -0.15) is 13.2 Å². The Morgan fingerprint density at radius 2 is 2.05 bits per heavy atom. The Morgan fingerprint density at radius 3 is 2.52 bits per heavy atom. The van der Waals surface area contributed by atoms with Gasteiger partial charge in [0, 0.05) is 20.1 Å². The molecule has 0 bridgehead atoms. The van der Waals surface area contributed by atoms with Gasteiger partial charge in [-0.25, -0.2) is 0 Å². The molecule has 0 aromatic heterocycles. The van der Waals surface area contributed by atoms with Gasteiger partial charge >= 0.3 is 6.18 Å². The highest BCUT2D eigenvalue weighted by Gasteiger charge is 2.36. The van der Waals surface area contributed by atoms with Crippen LogP contribution in [0.2, 0.25) is 0 Å². The topological polar surface area (TPSA) is 32.3 Å². The van der Waals surface area contributed by atoms with Crippen LogP contribution in [0.1, 0.15) is 35.7 Å². The lowest BCUT2D eigenvalue weighted by molar-refractivity contribution is -0.136. The lowest BCUT2D eigenvalue weighted by atomic mass is 10.0. The van der Waals surface area contributed by atoms with Crippen LogP contribution in [-0.2, 0) is 6.18 Å². The number of anilines is 1. The molecule has 1 fully saturated rings. The largest absolute Gasteiger partial charge is 0.418 e. The van der Waals surface area contributed by atoms with Gasteiger partial charge < -0.3 is 10.2 Å². The summed E-state index contributed by atoms with van der Waals surface area (Å²) in [5.41, 5.74) is -0.877. The number of rotatable bonds is 5. The Balaban J connectivity index is 2.35. The first-order valence-corrected chi connectivity index (χ1v) is 7.05. The quantitative estimate of drug-likeness (QED) is 0.901. The lowest BCUT2D eigenvalue weighted by Crippen LogP contribution is -2.33. The van der Waals surface area contributed by atoms with Crippen molar-refractivity contribution in [3.05, 3.63) is 29.3 Å². The van der Waals surface area contributed by atoms with Crippen LogP contribution in [0.3, 0.4) is 0 Å². The normalized spacial score (nSPS) is 14.9. The average Bonchev–Trinajstić information content (AvgIpc) is 3.26. The maximum Gasteiger partial charge on any atom is 0.418 e. The number of nitrogens with one attached hydrogen (secondary N) is 1. The van der Waals surface area contributed by atoms with Crippen molar-refractivity contribution in [2.24, 2.45) is 5.92 Å². The minimum Gasteiger partial charge on any atom is -0.387 e. The molecule has 21 heavy (non-hydrogen) atoms. The van der Waals surface area contributed by atoms with Crippen molar-refractivity contribution in [1.29, 1.82) is 0 Å². The third-order valence-corrected chi connectivity index (χ3v) is 3.69. The lowest BCUT2D eigenvalue weighted by Gasteiger charge is -2.23. The van der Waals surface area contributed by atoms with E-state index in [4.69, 9.17) is 0 Å². The second-order valence-corrected chi connectivity index (χ2v) is 5.26. The number of hydrogen-bond donors (Lipinski definition) is 1. The van der Waals surface area contributed by atoms with Gasteiger partial charge in [0.15, 0.2) is 0 Å². The molecule has 0 spiro atoms. The number of carbonyl (C=O) groups is 1. The van der Waals surface area contributed by atoms with Crippen molar-refractivity contribution in [2.45, 2.75) is 25.9 Å². The van der Waals surface area contributed by atoms with E-state index in [2.05, 4.69) is 5.32 Å². The van der Waals surface area contributed by atoms with Crippen LogP contribution in [0.4, 0.5) is 18.9 Å². The Bertz CT molecular complexity index is 524. The molecule has 2 rings (SSSR count). The van der Waals surface area contributed by atoms with Gasteiger partial charge in [-0.05, 0) is 37.8 Å². The Kier molecular flexibility index (Phi) is 4.44. The van der Waals surface area contributed by atoms with Crippen LogP contribution in [0.25, 0.3) is 0 Å². The predicted octanol–water partition coefficient (Wildman–Crippen LogP) is 3.62. The first kappa shape index (κ1) is 15.7. The van der Waals surface area contributed by atoms with Crippen LogP contribution in [0.5, 0.6) is 0 Å². The van der Waals surface area contributed by atoms with Crippen molar-refractivity contribution < 1.29 is 18.0 Å². The Hall–Kier alpha value is -1.72. The number of benzene rings is 1. The van der Waals surface area contributed by atoms with Crippen molar-refractivity contribution in [3.8, 4) is 0 Å². The summed E-state index contributed by atoms with van der Waals surface area (Å²) in [5, 5.41) is 2.53. The zero-order valence-electron chi connectivity index (χ0n) is 12.1. The molecule has 1 aliphatic rings. The van der Waals surface area contributed by atoms with E-state index in [-0.39, 0.29) is 17.2 Å². The number of halogens is 3. The van der Waals surface area contributed by atoms with Crippen molar-refractivity contribution in [3.63, 3.8) is 0 Å². The highest BCUT2D eigenvalue weighted by Crippen LogP contribution is 2.37. The predicted molar refractivity (Wildman–Crippen MR) is 75.3 cm³/mol. The maximum atomic E-state index is 13.0. The first-order chi connectivity index (χ1) is 9.88. The fourth-order valence-corrected chi connectivity index (χ4v) is 2.37. The molecule has 3 nitrogen and oxygen atoms in total. The molecular weight excluding hydrogens is 281 g/mol. The zero-order valence-corrected chi connectivity index (χ0v) is 12.1. The molecule has 1 aliphatic carbocycles. The molecule has 6 heteroatoms. The number of hydrogen-bond acceptors (Lipinski definition) is 2. The smallest absolute Gasteiger partial charge is 0.387 e. The fourth-order valence-electron chi connectivity index (χ4n) is 2.37. The Labute approximate surface area is 122 Å². The van der Waals surface area contributed by atoms with Gasteiger partial charge in [-0.3, -0.25) is 4.79 Å². The molecule has 0 radical (unpaired) electrons. The number of para-hydroxylation sites is 1. The molecule has 1 amide bonds. The van der Waals surface area contributed by atoms with Crippen LogP contribution < -0.4 is 5.32 Å². The summed E-state index contributed by atoms with van der Waals surface area (Å²) < 4.78 is 39.1. The summed E-state index contributed by atoms with van der Waals surface area (Å²) >= 11 is 0. The molecule has 0 aliphatic heterocycles. The standard InChI is InChI=1S/C15H19F3N2O/c1-3-20(9-10-7-8-10)14(21)11-5-4-6-12(13(11)19-2)15(16,17)18/h4-6,10,19H,3,7-9H2,1-2H3.